The Morgan fingerprint density at radius 3 is 2.48 bits per heavy atom. The van der Waals surface area contributed by atoms with Gasteiger partial charge >= 0.3 is 0 Å². The van der Waals surface area contributed by atoms with Gasteiger partial charge in [-0.1, -0.05) is 0 Å². The SMILES string of the molecule is O=c1ccc(-c2ccc3c(c2)OCCCO3)nn1CCCS(=O)(=O)c1ccc(F)cc1. The van der Waals surface area contributed by atoms with Crippen molar-refractivity contribution in [3.05, 3.63) is 70.8 Å². The second-order valence-corrected chi connectivity index (χ2v) is 9.23. The van der Waals surface area contributed by atoms with E-state index in [0.29, 0.717) is 30.4 Å². The van der Waals surface area contributed by atoms with Crippen LogP contribution in [0.3, 0.4) is 0 Å². The molecule has 7 nitrogen and oxygen atoms in total. The summed E-state index contributed by atoms with van der Waals surface area (Å²) < 4.78 is 50.4. The van der Waals surface area contributed by atoms with Gasteiger partial charge in [0.2, 0.25) is 0 Å². The lowest BCUT2D eigenvalue weighted by Gasteiger charge is -2.11. The molecular formula is C22H21FN2O5S. The van der Waals surface area contributed by atoms with Gasteiger partial charge in [0.25, 0.3) is 5.56 Å². The number of aromatic nitrogens is 2. The fourth-order valence-electron chi connectivity index (χ4n) is 3.25. The lowest BCUT2D eigenvalue weighted by atomic mass is 10.1. The van der Waals surface area contributed by atoms with Gasteiger partial charge in [0.15, 0.2) is 21.3 Å². The average molecular weight is 444 g/mol. The number of aryl methyl sites for hydroxylation is 1. The predicted octanol–water partition coefficient (Wildman–Crippen LogP) is 3.07. The molecule has 1 aliphatic rings. The largest absolute Gasteiger partial charge is 0.490 e. The Balaban J connectivity index is 1.49. The molecule has 0 unspecified atom stereocenters. The molecule has 0 N–H and O–H groups in total. The van der Waals surface area contributed by atoms with E-state index in [1.54, 1.807) is 6.07 Å². The lowest BCUT2D eigenvalue weighted by Crippen LogP contribution is -2.23. The molecule has 2 heterocycles. The zero-order valence-corrected chi connectivity index (χ0v) is 17.5. The molecule has 9 heteroatoms. The summed E-state index contributed by atoms with van der Waals surface area (Å²) in [5, 5.41) is 4.38. The maximum atomic E-state index is 13.0. The van der Waals surface area contributed by atoms with E-state index < -0.39 is 15.7 Å². The van der Waals surface area contributed by atoms with Gasteiger partial charge in [-0.3, -0.25) is 4.79 Å². The zero-order valence-electron chi connectivity index (χ0n) is 16.7. The third-order valence-corrected chi connectivity index (χ3v) is 6.68. The first-order chi connectivity index (χ1) is 14.9. The van der Waals surface area contributed by atoms with Crippen molar-refractivity contribution in [1.29, 1.82) is 0 Å². The highest BCUT2D eigenvalue weighted by molar-refractivity contribution is 7.91. The first kappa shape index (κ1) is 21.0. The van der Waals surface area contributed by atoms with Crippen molar-refractivity contribution in [2.24, 2.45) is 0 Å². The molecule has 1 aromatic heterocycles. The molecule has 0 aliphatic carbocycles. The van der Waals surface area contributed by atoms with Gasteiger partial charge in [-0.05, 0) is 55.0 Å². The predicted molar refractivity (Wildman–Crippen MR) is 113 cm³/mol. The van der Waals surface area contributed by atoms with E-state index in [9.17, 15) is 17.6 Å². The molecular weight excluding hydrogens is 423 g/mol. The molecule has 162 valence electrons. The highest BCUT2D eigenvalue weighted by Gasteiger charge is 2.15. The van der Waals surface area contributed by atoms with Crippen molar-refractivity contribution in [2.45, 2.75) is 24.3 Å². The summed E-state index contributed by atoms with van der Waals surface area (Å²) in [6.07, 6.45) is 0.991. The quantitative estimate of drug-likeness (QED) is 0.543. The van der Waals surface area contributed by atoms with Crippen LogP contribution in [0, 0.1) is 5.82 Å². The van der Waals surface area contributed by atoms with Gasteiger partial charge < -0.3 is 9.47 Å². The number of ether oxygens (including phenoxy) is 2. The molecule has 2 aromatic carbocycles. The molecule has 0 saturated carbocycles. The number of hydrogen-bond donors (Lipinski definition) is 0. The van der Waals surface area contributed by atoms with Gasteiger partial charge in [-0.15, -0.1) is 0 Å². The smallest absolute Gasteiger partial charge is 0.266 e. The van der Waals surface area contributed by atoms with Crippen molar-refractivity contribution in [2.75, 3.05) is 19.0 Å². The molecule has 1 aliphatic heterocycles. The number of nitrogens with zero attached hydrogens (tertiary/aromatic N) is 2. The molecule has 0 atom stereocenters. The molecule has 0 amide bonds. The minimum atomic E-state index is -3.58. The Morgan fingerprint density at radius 2 is 1.71 bits per heavy atom. The normalized spacial score (nSPS) is 13.6. The summed E-state index contributed by atoms with van der Waals surface area (Å²) in [5.41, 5.74) is 1.01. The van der Waals surface area contributed by atoms with Crippen LogP contribution in [0.2, 0.25) is 0 Å². The molecule has 0 saturated heterocycles. The number of rotatable bonds is 6. The first-order valence-electron chi connectivity index (χ1n) is 9.89. The second-order valence-electron chi connectivity index (χ2n) is 7.12. The first-order valence-corrected chi connectivity index (χ1v) is 11.5. The Morgan fingerprint density at radius 1 is 0.968 bits per heavy atom. The van der Waals surface area contributed by atoms with Crippen molar-refractivity contribution in [1.82, 2.24) is 9.78 Å². The summed E-state index contributed by atoms with van der Waals surface area (Å²) in [6, 6.07) is 13.2. The van der Waals surface area contributed by atoms with Crippen LogP contribution in [0.5, 0.6) is 11.5 Å². The highest BCUT2D eigenvalue weighted by atomic mass is 32.2. The lowest BCUT2D eigenvalue weighted by molar-refractivity contribution is 0.297. The maximum absolute atomic E-state index is 13.0. The molecule has 0 radical (unpaired) electrons. The van der Waals surface area contributed by atoms with Crippen LogP contribution in [-0.2, 0) is 16.4 Å². The third-order valence-electron chi connectivity index (χ3n) is 4.87. The number of hydrogen-bond acceptors (Lipinski definition) is 6. The van der Waals surface area contributed by atoms with Crippen LogP contribution < -0.4 is 15.0 Å². The van der Waals surface area contributed by atoms with Crippen LogP contribution in [0.25, 0.3) is 11.3 Å². The maximum Gasteiger partial charge on any atom is 0.266 e. The Bertz CT molecular complexity index is 1240. The summed E-state index contributed by atoms with van der Waals surface area (Å²) in [5.74, 6) is 0.614. The van der Waals surface area contributed by atoms with Gasteiger partial charge in [-0.2, -0.15) is 5.10 Å². The van der Waals surface area contributed by atoms with E-state index in [1.807, 2.05) is 18.2 Å². The molecule has 31 heavy (non-hydrogen) atoms. The van der Waals surface area contributed by atoms with E-state index in [0.717, 1.165) is 24.1 Å². The third kappa shape index (κ3) is 4.93. The van der Waals surface area contributed by atoms with Crippen LogP contribution in [-0.4, -0.2) is 37.2 Å². The van der Waals surface area contributed by atoms with Crippen molar-refractivity contribution < 1.29 is 22.3 Å². The van der Waals surface area contributed by atoms with E-state index in [-0.39, 0.29) is 29.2 Å². The zero-order chi connectivity index (χ0) is 21.8. The van der Waals surface area contributed by atoms with Crippen LogP contribution in [0.15, 0.2) is 64.3 Å². The molecule has 0 fully saturated rings. The molecule has 0 spiro atoms. The van der Waals surface area contributed by atoms with Crippen LogP contribution in [0.1, 0.15) is 12.8 Å². The van der Waals surface area contributed by atoms with Gasteiger partial charge in [-0.25, -0.2) is 17.5 Å². The minimum Gasteiger partial charge on any atom is -0.490 e. The minimum absolute atomic E-state index is 0.0511. The topological polar surface area (TPSA) is 87.5 Å². The van der Waals surface area contributed by atoms with E-state index in [1.165, 1.54) is 22.9 Å². The van der Waals surface area contributed by atoms with E-state index in [4.69, 9.17) is 9.47 Å². The second kappa shape index (κ2) is 8.89. The number of benzene rings is 2. The number of halogens is 1. The summed E-state index contributed by atoms with van der Waals surface area (Å²) in [7, 11) is -3.58. The molecule has 3 aromatic rings. The monoisotopic (exact) mass is 444 g/mol. The fraction of sp³-hybridized carbons (Fsp3) is 0.273. The van der Waals surface area contributed by atoms with E-state index in [2.05, 4.69) is 5.10 Å². The Labute approximate surface area is 179 Å². The Hall–Kier alpha value is -3.20. The average Bonchev–Trinajstić information content (AvgIpc) is 3.00. The van der Waals surface area contributed by atoms with Crippen molar-refractivity contribution in [3.8, 4) is 22.8 Å². The summed E-state index contributed by atoms with van der Waals surface area (Å²) in [6.45, 7) is 1.29. The van der Waals surface area contributed by atoms with E-state index >= 15 is 0 Å². The van der Waals surface area contributed by atoms with Gasteiger partial charge in [0.1, 0.15) is 5.82 Å². The standard InChI is InChI=1S/C22H21FN2O5S/c23-17-4-6-18(7-5-17)31(27,28)14-1-11-25-22(26)10-8-19(24-25)16-3-9-20-21(15-16)30-13-2-12-29-20/h3-10,15H,1-2,11-14H2. The van der Waals surface area contributed by atoms with Gasteiger partial charge in [0, 0.05) is 24.6 Å². The van der Waals surface area contributed by atoms with Crippen LogP contribution in [0.4, 0.5) is 4.39 Å². The number of fused-ring (bicyclic) bond motifs is 1. The van der Waals surface area contributed by atoms with Crippen molar-refractivity contribution in [3.63, 3.8) is 0 Å². The Kier molecular flexibility index (Phi) is 6.03. The molecule has 4 rings (SSSR count). The summed E-state index contributed by atoms with van der Waals surface area (Å²) in [4.78, 5) is 12.3. The van der Waals surface area contributed by atoms with Crippen LogP contribution >= 0.6 is 0 Å². The summed E-state index contributed by atoms with van der Waals surface area (Å²) >= 11 is 0. The molecule has 0 bridgehead atoms. The highest BCUT2D eigenvalue weighted by Crippen LogP contribution is 2.33. The van der Waals surface area contributed by atoms with Gasteiger partial charge in [0.05, 0.1) is 29.6 Å². The number of sulfone groups is 1. The fourth-order valence-corrected chi connectivity index (χ4v) is 4.55. The van der Waals surface area contributed by atoms with Crippen molar-refractivity contribution >= 4 is 9.84 Å².